The van der Waals surface area contributed by atoms with E-state index in [0.29, 0.717) is 6.42 Å². The molecule has 1 fully saturated rings. The highest BCUT2D eigenvalue weighted by atomic mass is 32.1. The predicted octanol–water partition coefficient (Wildman–Crippen LogP) is 1.43. The van der Waals surface area contributed by atoms with Crippen LogP contribution >= 0.6 is 11.3 Å². The van der Waals surface area contributed by atoms with Gasteiger partial charge in [0.05, 0.1) is 6.42 Å². The standard InChI is InChI=1S/C14H16N4OS/c19-13(11-12-3-1-10-20-12)17-6-8-18(9-7-17)14-15-4-2-5-16-14/h1-5,10H,6-9,11H2. The average Bonchev–Trinajstić information content (AvgIpc) is 3.01. The van der Waals surface area contributed by atoms with Crippen molar-refractivity contribution in [2.75, 3.05) is 31.1 Å². The number of nitrogens with zero attached hydrogens (tertiary/aromatic N) is 4. The number of hydrogen-bond acceptors (Lipinski definition) is 5. The Bertz CT molecular complexity index is 550. The largest absolute Gasteiger partial charge is 0.339 e. The number of piperazine rings is 1. The zero-order valence-electron chi connectivity index (χ0n) is 11.1. The van der Waals surface area contributed by atoms with Crippen molar-refractivity contribution in [3.05, 3.63) is 40.8 Å². The second-order valence-electron chi connectivity index (χ2n) is 4.67. The van der Waals surface area contributed by atoms with Crippen molar-refractivity contribution in [3.8, 4) is 0 Å². The molecular formula is C14H16N4OS. The van der Waals surface area contributed by atoms with Crippen LogP contribution in [0.1, 0.15) is 4.88 Å². The summed E-state index contributed by atoms with van der Waals surface area (Å²) in [5, 5.41) is 2.01. The lowest BCUT2D eigenvalue weighted by Crippen LogP contribution is -2.49. The van der Waals surface area contributed by atoms with Crippen LogP contribution in [0.2, 0.25) is 0 Å². The summed E-state index contributed by atoms with van der Waals surface area (Å²) in [5.74, 6) is 0.957. The van der Waals surface area contributed by atoms with Gasteiger partial charge in [0.15, 0.2) is 0 Å². The number of carbonyl (C=O) groups excluding carboxylic acids is 1. The van der Waals surface area contributed by atoms with Gasteiger partial charge in [-0.15, -0.1) is 11.3 Å². The molecule has 3 rings (SSSR count). The van der Waals surface area contributed by atoms with Gasteiger partial charge in [-0.1, -0.05) is 6.07 Å². The van der Waals surface area contributed by atoms with Crippen molar-refractivity contribution in [3.63, 3.8) is 0 Å². The molecule has 0 spiro atoms. The lowest BCUT2D eigenvalue weighted by Gasteiger charge is -2.34. The Kier molecular flexibility index (Phi) is 3.92. The minimum atomic E-state index is 0.209. The van der Waals surface area contributed by atoms with E-state index in [-0.39, 0.29) is 5.91 Å². The minimum absolute atomic E-state index is 0.209. The molecule has 5 nitrogen and oxygen atoms in total. The van der Waals surface area contributed by atoms with Gasteiger partial charge in [0, 0.05) is 43.4 Å². The molecule has 0 saturated carbocycles. The first-order valence-electron chi connectivity index (χ1n) is 6.65. The summed E-state index contributed by atoms with van der Waals surface area (Å²) >= 11 is 1.63. The first-order valence-corrected chi connectivity index (χ1v) is 7.53. The van der Waals surface area contributed by atoms with Crippen LogP contribution in [0.25, 0.3) is 0 Å². The number of hydrogen-bond donors (Lipinski definition) is 0. The molecule has 0 bridgehead atoms. The van der Waals surface area contributed by atoms with E-state index in [0.717, 1.165) is 37.0 Å². The van der Waals surface area contributed by atoms with Crippen LogP contribution in [0.4, 0.5) is 5.95 Å². The third-order valence-electron chi connectivity index (χ3n) is 3.37. The third-order valence-corrected chi connectivity index (χ3v) is 4.25. The van der Waals surface area contributed by atoms with Crippen molar-refractivity contribution in [1.82, 2.24) is 14.9 Å². The zero-order chi connectivity index (χ0) is 13.8. The molecule has 2 aromatic heterocycles. The Balaban J connectivity index is 1.54. The molecule has 0 atom stereocenters. The predicted molar refractivity (Wildman–Crippen MR) is 78.8 cm³/mol. The maximum Gasteiger partial charge on any atom is 0.227 e. The molecule has 2 aromatic rings. The van der Waals surface area contributed by atoms with Crippen molar-refractivity contribution in [1.29, 1.82) is 0 Å². The minimum Gasteiger partial charge on any atom is -0.339 e. The van der Waals surface area contributed by atoms with Crippen LogP contribution in [0.3, 0.4) is 0 Å². The number of anilines is 1. The van der Waals surface area contributed by atoms with E-state index in [1.165, 1.54) is 0 Å². The maximum atomic E-state index is 12.2. The van der Waals surface area contributed by atoms with Crippen LogP contribution < -0.4 is 4.90 Å². The van der Waals surface area contributed by atoms with Crippen molar-refractivity contribution >= 4 is 23.2 Å². The lowest BCUT2D eigenvalue weighted by molar-refractivity contribution is -0.130. The second-order valence-corrected chi connectivity index (χ2v) is 5.71. The molecule has 1 saturated heterocycles. The molecule has 1 amide bonds. The molecule has 6 heteroatoms. The first-order chi connectivity index (χ1) is 9.83. The number of amides is 1. The third kappa shape index (κ3) is 2.96. The number of aromatic nitrogens is 2. The highest BCUT2D eigenvalue weighted by Crippen LogP contribution is 2.13. The van der Waals surface area contributed by atoms with E-state index >= 15 is 0 Å². The van der Waals surface area contributed by atoms with E-state index in [1.807, 2.05) is 28.5 Å². The second kappa shape index (κ2) is 6.00. The molecule has 20 heavy (non-hydrogen) atoms. The fourth-order valence-electron chi connectivity index (χ4n) is 2.28. The molecule has 1 aliphatic heterocycles. The Morgan fingerprint density at radius 2 is 1.90 bits per heavy atom. The van der Waals surface area contributed by atoms with Crippen LogP contribution in [0.5, 0.6) is 0 Å². The number of thiophene rings is 1. The quantitative estimate of drug-likeness (QED) is 0.857. The molecule has 104 valence electrons. The zero-order valence-corrected chi connectivity index (χ0v) is 11.9. The fraction of sp³-hybridized carbons (Fsp3) is 0.357. The summed E-state index contributed by atoms with van der Waals surface area (Å²) in [5.41, 5.74) is 0. The Morgan fingerprint density at radius 1 is 1.15 bits per heavy atom. The summed E-state index contributed by atoms with van der Waals surface area (Å²) in [7, 11) is 0. The smallest absolute Gasteiger partial charge is 0.227 e. The van der Waals surface area contributed by atoms with Crippen LogP contribution in [0.15, 0.2) is 36.0 Å². The number of rotatable bonds is 3. The van der Waals surface area contributed by atoms with Gasteiger partial charge < -0.3 is 9.80 Å². The highest BCUT2D eigenvalue weighted by molar-refractivity contribution is 7.10. The van der Waals surface area contributed by atoms with Crippen molar-refractivity contribution in [2.45, 2.75) is 6.42 Å². The molecule has 0 N–H and O–H groups in total. The van der Waals surface area contributed by atoms with Gasteiger partial charge in [-0.25, -0.2) is 9.97 Å². The number of carbonyl (C=O) groups is 1. The van der Waals surface area contributed by atoms with E-state index in [2.05, 4.69) is 14.9 Å². The summed E-state index contributed by atoms with van der Waals surface area (Å²) < 4.78 is 0. The van der Waals surface area contributed by atoms with E-state index in [9.17, 15) is 4.79 Å². The Morgan fingerprint density at radius 3 is 2.55 bits per heavy atom. The maximum absolute atomic E-state index is 12.2. The summed E-state index contributed by atoms with van der Waals surface area (Å²) in [6, 6.07) is 5.80. The Labute approximate surface area is 121 Å². The summed E-state index contributed by atoms with van der Waals surface area (Å²) in [6.45, 7) is 3.06. The van der Waals surface area contributed by atoms with Crippen molar-refractivity contribution < 1.29 is 4.79 Å². The van der Waals surface area contributed by atoms with Gasteiger partial charge in [-0.05, 0) is 17.5 Å². The van der Waals surface area contributed by atoms with E-state index in [4.69, 9.17) is 0 Å². The van der Waals surface area contributed by atoms with Crippen molar-refractivity contribution in [2.24, 2.45) is 0 Å². The first kappa shape index (κ1) is 13.1. The normalized spacial score (nSPS) is 15.4. The molecule has 0 radical (unpaired) electrons. The Hall–Kier alpha value is -1.95. The molecule has 3 heterocycles. The van der Waals surface area contributed by atoms with Gasteiger partial charge >= 0.3 is 0 Å². The molecule has 0 aliphatic carbocycles. The average molecular weight is 288 g/mol. The fourth-order valence-corrected chi connectivity index (χ4v) is 2.98. The van der Waals surface area contributed by atoms with E-state index in [1.54, 1.807) is 23.7 Å². The van der Waals surface area contributed by atoms with E-state index < -0.39 is 0 Å². The monoisotopic (exact) mass is 288 g/mol. The van der Waals surface area contributed by atoms with Gasteiger partial charge in [0.2, 0.25) is 11.9 Å². The molecular weight excluding hydrogens is 272 g/mol. The summed E-state index contributed by atoms with van der Waals surface area (Å²) in [4.78, 5) is 25.9. The topological polar surface area (TPSA) is 49.3 Å². The van der Waals surface area contributed by atoms with Gasteiger partial charge in [-0.2, -0.15) is 0 Å². The van der Waals surface area contributed by atoms with Crippen LogP contribution in [-0.2, 0) is 11.2 Å². The summed E-state index contributed by atoms with van der Waals surface area (Å²) in [6.07, 6.45) is 4.01. The van der Waals surface area contributed by atoms with Gasteiger partial charge in [-0.3, -0.25) is 4.79 Å². The van der Waals surface area contributed by atoms with Gasteiger partial charge in [0.1, 0.15) is 0 Å². The highest BCUT2D eigenvalue weighted by Gasteiger charge is 2.22. The molecule has 0 aromatic carbocycles. The molecule has 1 aliphatic rings. The van der Waals surface area contributed by atoms with Crippen LogP contribution in [-0.4, -0.2) is 47.0 Å². The lowest BCUT2D eigenvalue weighted by atomic mass is 10.2. The SMILES string of the molecule is O=C(Cc1cccs1)N1CCN(c2ncccn2)CC1. The van der Waals surface area contributed by atoms with Gasteiger partial charge in [0.25, 0.3) is 0 Å². The molecule has 0 unspecified atom stereocenters. The van der Waals surface area contributed by atoms with Crippen LogP contribution in [0, 0.1) is 0 Å².